The van der Waals surface area contributed by atoms with Crippen LogP contribution < -0.4 is 5.73 Å². The van der Waals surface area contributed by atoms with E-state index in [0.29, 0.717) is 12.0 Å². The van der Waals surface area contributed by atoms with Crippen molar-refractivity contribution in [2.75, 3.05) is 13.2 Å². The van der Waals surface area contributed by atoms with E-state index in [2.05, 4.69) is 25.7 Å². The van der Waals surface area contributed by atoms with Crippen LogP contribution in [0.4, 0.5) is 0 Å². The number of hydrogen-bond donors (Lipinski definition) is 2. The van der Waals surface area contributed by atoms with E-state index in [0.717, 1.165) is 19.4 Å². The number of rotatable bonds is 8. The van der Waals surface area contributed by atoms with E-state index in [4.69, 9.17) is 5.73 Å². The molecule has 0 saturated heterocycles. The van der Waals surface area contributed by atoms with Crippen molar-refractivity contribution in [2.45, 2.75) is 64.6 Å². The van der Waals surface area contributed by atoms with Crippen molar-refractivity contribution < 1.29 is 5.11 Å². The second-order valence-corrected chi connectivity index (χ2v) is 5.51. The fourth-order valence-corrected chi connectivity index (χ4v) is 2.47. The molecule has 2 atom stereocenters. The van der Waals surface area contributed by atoms with Crippen LogP contribution in [0.1, 0.15) is 46.5 Å². The first-order valence-electron chi connectivity index (χ1n) is 6.72. The summed E-state index contributed by atoms with van der Waals surface area (Å²) >= 11 is 0. The fourth-order valence-electron chi connectivity index (χ4n) is 2.47. The second kappa shape index (κ2) is 6.58. The third-order valence-corrected chi connectivity index (χ3v) is 3.35. The lowest BCUT2D eigenvalue weighted by Gasteiger charge is -2.35. The Morgan fingerprint density at radius 3 is 2.38 bits per heavy atom. The third-order valence-electron chi connectivity index (χ3n) is 3.35. The van der Waals surface area contributed by atoms with Crippen molar-refractivity contribution >= 4 is 0 Å². The quantitative estimate of drug-likeness (QED) is 0.663. The Morgan fingerprint density at radius 2 is 2.00 bits per heavy atom. The van der Waals surface area contributed by atoms with Gasteiger partial charge in [-0.2, -0.15) is 0 Å². The highest BCUT2D eigenvalue weighted by Crippen LogP contribution is 2.30. The van der Waals surface area contributed by atoms with Gasteiger partial charge in [0.2, 0.25) is 0 Å². The summed E-state index contributed by atoms with van der Waals surface area (Å²) in [7, 11) is 0. The first-order chi connectivity index (χ1) is 7.60. The van der Waals surface area contributed by atoms with Crippen LogP contribution in [0.5, 0.6) is 0 Å². The maximum atomic E-state index is 9.56. The average molecular weight is 228 g/mol. The first kappa shape index (κ1) is 13.9. The molecule has 0 radical (unpaired) electrons. The van der Waals surface area contributed by atoms with E-state index in [1.165, 1.54) is 12.8 Å². The molecule has 0 amide bonds. The topological polar surface area (TPSA) is 49.5 Å². The van der Waals surface area contributed by atoms with Gasteiger partial charge < -0.3 is 10.8 Å². The van der Waals surface area contributed by atoms with Crippen LogP contribution in [0.2, 0.25) is 0 Å². The molecule has 0 heterocycles. The molecule has 3 heteroatoms. The van der Waals surface area contributed by atoms with Gasteiger partial charge in [0.15, 0.2) is 0 Å². The molecule has 96 valence electrons. The number of hydrogen-bond acceptors (Lipinski definition) is 3. The highest BCUT2D eigenvalue weighted by molar-refractivity contribution is 4.92. The summed E-state index contributed by atoms with van der Waals surface area (Å²) < 4.78 is 0. The van der Waals surface area contributed by atoms with Crippen LogP contribution in [-0.2, 0) is 0 Å². The lowest BCUT2D eigenvalue weighted by atomic mass is 9.97. The van der Waals surface area contributed by atoms with Crippen molar-refractivity contribution in [1.82, 2.24) is 4.90 Å². The molecule has 1 fully saturated rings. The standard InChI is InChI=1S/C13H28N2O/c1-4-7-15(11-5-6-11)13(9-16)12(14)8-10(2)3/h10-13,16H,4-9,14H2,1-3H3. The molecule has 3 nitrogen and oxygen atoms in total. The van der Waals surface area contributed by atoms with Gasteiger partial charge in [0.1, 0.15) is 0 Å². The van der Waals surface area contributed by atoms with E-state index >= 15 is 0 Å². The Kier molecular flexibility index (Phi) is 5.73. The molecule has 0 aromatic carbocycles. The number of nitrogens with zero attached hydrogens (tertiary/aromatic N) is 1. The van der Waals surface area contributed by atoms with Crippen LogP contribution in [0, 0.1) is 5.92 Å². The van der Waals surface area contributed by atoms with Gasteiger partial charge in [-0.05, 0) is 38.1 Å². The molecule has 2 unspecified atom stereocenters. The Bertz CT molecular complexity index is 192. The minimum atomic E-state index is 0.108. The van der Waals surface area contributed by atoms with E-state index in [1.54, 1.807) is 0 Å². The van der Waals surface area contributed by atoms with Gasteiger partial charge in [0.05, 0.1) is 6.61 Å². The van der Waals surface area contributed by atoms with Crippen LogP contribution in [0.3, 0.4) is 0 Å². The molecule has 1 rings (SSSR count). The molecular formula is C13H28N2O. The van der Waals surface area contributed by atoms with Gasteiger partial charge in [-0.3, -0.25) is 4.90 Å². The molecule has 1 aliphatic rings. The van der Waals surface area contributed by atoms with E-state index in [-0.39, 0.29) is 18.7 Å². The van der Waals surface area contributed by atoms with Gasteiger partial charge in [0.25, 0.3) is 0 Å². The maximum absolute atomic E-state index is 9.56. The van der Waals surface area contributed by atoms with Crippen LogP contribution in [0.25, 0.3) is 0 Å². The molecule has 0 bridgehead atoms. The summed E-state index contributed by atoms with van der Waals surface area (Å²) in [6, 6.07) is 0.960. The monoisotopic (exact) mass is 228 g/mol. The van der Waals surface area contributed by atoms with Gasteiger partial charge >= 0.3 is 0 Å². The van der Waals surface area contributed by atoms with Crippen molar-refractivity contribution in [3.05, 3.63) is 0 Å². The first-order valence-corrected chi connectivity index (χ1v) is 6.72. The number of nitrogens with two attached hydrogens (primary N) is 1. The van der Waals surface area contributed by atoms with Crippen molar-refractivity contribution in [3.8, 4) is 0 Å². The molecule has 0 aliphatic heterocycles. The van der Waals surface area contributed by atoms with E-state index in [1.807, 2.05) is 0 Å². The number of aliphatic hydroxyl groups is 1. The average Bonchev–Trinajstić information content (AvgIpc) is 2.99. The third kappa shape index (κ3) is 4.04. The van der Waals surface area contributed by atoms with E-state index < -0.39 is 0 Å². The lowest BCUT2D eigenvalue weighted by molar-refractivity contribution is 0.0912. The summed E-state index contributed by atoms with van der Waals surface area (Å²) in [4.78, 5) is 2.44. The van der Waals surface area contributed by atoms with Crippen molar-refractivity contribution in [1.29, 1.82) is 0 Å². The molecule has 1 aliphatic carbocycles. The predicted octanol–water partition coefficient (Wildman–Crippen LogP) is 1.60. The Balaban J connectivity index is 2.54. The van der Waals surface area contributed by atoms with Gasteiger partial charge in [-0.25, -0.2) is 0 Å². The minimum absolute atomic E-state index is 0.108. The molecule has 3 N–H and O–H groups in total. The normalized spacial score (nSPS) is 20.4. The van der Waals surface area contributed by atoms with Crippen molar-refractivity contribution in [2.24, 2.45) is 11.7 Å². The SMILES string of the molecule is CCCN(C1CC1)C(CO)C(N)CC(C)C. The summed E-state index contributed by atoms with van der Waals surface area (Å²) in [5, 5.41) is 9.56. The summed E-state index contributed by atoms with van der Waals surface area (Å²) in [5.41, 5.74) is 6.22. The van der Waals surface area contributed by atoms with Gasteiger partial charge in [-0.1, -0.05) is 20.8 Å². The smallest absolute Gasteiger partial charge is 0.0602 e. The molecular weight excluding hydrogens is 200 g/mol. The zero-order valence-corrected chi connectivity index (χ0v) is 11.0. The summed E-state index contributed by atoms with van der Waals surface area (Å²) in [6.07, 6.45) is 4.70. The Morgan fingerprint density at radius 1 is 1.38 bits per heavy atom. The zero-order valence-electron chi connectivity index (χ0n) is 11.0. The van der Waals surface area contributed by atoms with Crippen LogP contribution in [-0.4, -0.2) is 41.3 Å². The molecule has 0 aromatic rings. The maximum Gasteiger partial charge on any atom is 0.0602 e. The van der Waals surface area contributed by atoms with Gasteiger partial charge in [-0.15, -0.1) is 0 Å². The highest BCUT2D eigenvalue weighted by atomic mass is 16.3. The van der Waals surface area contributed by atoms with Crippen molar-refractivity contribution in [3.63, 3.8) is 0 Å². The fraction of sp³-hybridized carbons (Fsp3) is 1.00. The molecule has 16 heavy (non-hydrogen) atoms. The number of aliphatic hydroxyl groups excluding tert-OH is 1. The zero-order chi connectivity index (χ0) is 12.1. The van der Waals surface area contributed by atoms with Gasteiger partial charge in [0, 0.05) is 18.1 Å². The predicted molar refractivity (Wildman–Crippen MR) is 68.3 cm³/mol. The summed E-state index contributed by atoms with van der Waals surface area (Å²) in [5.74, 6) is 0.603. The minimum Gasteiger partial charge on any atom is -0.395 e. The molecule has 1 saturated carbocycles. The Hall–Kier alpha value is -0.120. The Labute approximate surface area is 100 Å². The van der Waals surface area contributed by atoms with Crippen LogP contribution in [0.15, 0.2) is 0 Å². The van der Waals surface area contributed by atoms with Crippen LogP contribution >= 0.6 is 0 Å². The lowest BCUT2D eigenvalue weighted by Crippen LogP contribution is -2.51. The largest absolute Gasteiger partial charge is 0.395 e. The molecule has 0 spiro atoms. The second-order valence-electron chi connectivity index (χ2n) is 5.51. The molecule has 0 aromatic heterocycles. The summed E-state index contributed by atoms with van der Waals surface area (Å²) in [6.45, 7) is 7.84. The highest BCUT2D eigenvalue weighted by Gasteiger charge is 2.35. The van der Waals surface area contributed by atoms with E-state index in [9.17, 15) is 5.11 Å².